The minimum atomic E-state index is -0.495. The summed E-state index contributed by atoms with van der Waals surface area (Å²) in [5, 5.41) is 3.32. The molecule has 2 aromatic rings. The van der Waals surface area contributed by atoms with Crippen LogP contribution in [0, 0.1) is 0 Å². The van der Waals surface area contributed by atoms with Gasteiger partial charge in [0.25, 0.3) is 0 Å². The fraction of sp³-hybridized carbons (Fsp3) is 0.267. The van der Waals surface area contributed by atoms with Gasteiger partial charge in [-0.15, -0.1) is 0 Å². The Morgan fingerprint density at radius 2 is 2.19 bits per heavy atom. The van der Waals surface area contributed by atoms with Gasteiger partial charge in [0.05, 0.1) is 32.2 Å². The molecule has 108 valence electrons. The Kier molecular flexibility index (Phi) is 3.68. The zero-order valence-electron chi connectivity index (χ0n) is 11.6. The van der Waals surface area contributed by atoms with Crippen molar-refractivity contribution in [2.45, 2.75) is 12.5 Å². The molecule has 1 atom stereocenters. The highest BCUT2D eigenvalue weighted by molar-refractivity contribution is 5.86. The highest BCUT2D eigenvalue weighted by Gasteiger charge is 2.21. The summed E-state index contributed by atoms with van der Waals surface area (Å²) < 4.78 is 10.2. The van der Waals surface area contributed by atoms with E-state index in [1.54, 1.807) is 0 Å². The van der Waals surface area contributed by atoms with Gasteiger partial charge in [-0.25, -0.2) is 14.8 Å². The van der Waals surface area contributed by atoms with Crippen LogP contribution in [0.15, 0.2) is 36.7 Å². The van der Waals surface area contributed by atoms with Crippen LogP contribution in [0.3, 0.4) is 0 Å². The number of nitrogens with zero attached hydrogens (tertiary/aromatic N) is 2. The number of hydrogen-bond donors (Lipinski definition) is 1. The van der Waals surface area contributed by atoms with Crippen LogP contribution in [0.5, 0.6) is 5.75 Å². The first kappa shape index (κ1) is 13.4. The summed E-state index contributed by atoms with van der Waals surface area (Å²) in [6.07, 6.45) is 3.78. The first-order valence-corrected chi connectivity index (χ1v) is 6.66. The topological polar surface area (TPSA) is 73.3 Å². The van der Waals surface area contributed by atoms with Crippen molar-refractivity contribution in [3.63, 3.8) is 0 Å². The number of rotatable bonds is 3. The highest BCUT2D eigenvalue weighted by Crippen LogP contribution is 2.33. The third-order valence-corrected chi connectivity index (χ3v) is 3.33. The third-order valence-electron chi connectivity index (χ3n) is 3.33. The van der Waals surface area contributed by atoms with Gasteiger partial charge >= 0.3 is 5.97 Å². The number of carbonyl (C=O) groups is 1. The fourth-order valence-electron chi connectivity index (χ4n) is 2.28. The van der Waals surface area contributed by atoms with Gasteiger partial charge in [-0.2, -0.15) is 0 Å². The highest BCUT2D eigenvalue weighted by atomic mass is 16.5. The zero-order valence-corrected chi connectivity index (χ0v) is 11.6. The third kappa shape index (κ3) is 2.79. The van der Waals surface area contributed by atoms with E-state index in [4.69, 9.17) is 4.74 Å². The lowest BCUT2D eigenvalue weighted by Crippen LogP contribution is -2.21. The summed E-state index contributed by atoms with van der Waals surface area (Å²) in [4.78, 5) is 19.6. The van der Waals surface area contributed by atoms with Gasteiger partial charge < -0.3 is 14.8 Å². The zero-order chi connectivity index (χ0) is 14.7. The number of hydrogen-bond acceptors (Lipinski definition) is 6. The Morgan fingerprint density at radius 1 is 1.33 bits per heavy atom. The molecule has 2 heterocycles. The van der Waals surface area contributed by atoms with Crippen LogP contribution >= 0.6 is 0 Å². The second kappa shape index (κ2) is 5.78. The van der Waals surface area contributed by atoms with E-state index >= 15 is 0 Å². The molecule has 6 nitrogen and oxygen atoms in total. The van der Waals surface area contributed by atoms with Crippen molar-refractivity contribution in [3.8, 4) is 5.75 Å². The van der Waals surface area contributed by atoms with Gasteiger partial charge in [0, 0.05) is 12.0 Å². The number of anilines is 1. The molecule has 0 bridgehead atoms. The lowest BCUT2D eigenvalue weighted by molar-refractivity contribution is 0.0593. The van der Waals surface area contributed by atoms with E-state index in [0.717, 1.165) is 17.7 Å². The number of carbonyl (C=O) groups excluding carboxylic acids is 1. The summed E-state index contributed by atoms with van der Waals surface area (Å²) in [6, 6.07) is 8.03. The van der Waals surface area contributed by atoms with Gasteiger partial charge in [0.1, 0.15) is 11.6 Å². The number of nitrogens with one attached hydrogen (secondary N) is 1. The second-order valence-corrected chi connectivity index (χ2v) is 4.65. The number of esters is 1. The molecule has 1 N–H and O–H groups in total. The predicted molar refractivity (Wildman–Crippen MR) is 76.3 cm³/mol. The maximum atomic E-state index is 11.3. The van der Waals surface area contributed by atoms with E-state index in [1.807, 2.05) is 24.3 Å². The molecule has 0 saturated heterocycles. The minimum Gasteiger partial charge on any atom is -0.493 e. The van der Waals surface area contributed by atoms with Gasteiger partial charge in [0.2, 0.25) is 0 Å². The molecule has 0 radical (unpaired) electrons. The Labute approximate surface area is 122 Å². The lowest BCUT2D eigenvalue weighted by Gasteiger charge is -2.26. The lowest BCUT2D eigenvalue weighted by atomic mass is 10.0. The summed E-state index contributed by atoms with van der Waals surface area (Å²) in [5.74, 6) is 1.01. The molecule has 21 heavy (non-hydrogen) atoms. The summed E-state index contributed by atoms with van der Waals surface area (Å²) in [6.45, 7) is 0.655. The van der Waals surface area contributed by atoms with Gasteiger partial charge in [-0.1, -0.05) is 18.2 Å². The molecular formula is C15H15N3O3. The summed E-state index contributed by atoms with van der Waals surface area (Å²) >= 11 is 0. The van der Waals surface area contributed by atoms with Crippen molar-refractivity contribution >= 4 is 11.8 Å². The Balaban J connectivity index is 1.77. The van der Waals surface area contributed by atoms with Crippen molar-refractivity contribution in [2.24, 2.45) is 0 Å². The molecule has 1 aromatic carbocycles. The maximum Gasteiger partial charge on any atom is 0.358 e. The van der Waals surface area contributed by atoms with Crippen LogP contribution in [0.4, 0.5) is 5.82 Å². The molecule has 0 amide bonds. The normalized spacial score (nSPS) is 16.5. The van der Waals surface area contributed by atoms with Crippen molar-refractivity contribution in [1.29, 1.82) is 0 Å². The van der Waals surface area contributed by atoms with Gasteiger partial charge in [-0.3, -0.25) is 0 Å². The van der Waals surface area contributed by atoms with Crippen LogP contribution < -0.4 is 10.1 Å². The predicted octanol–water partition coefficient (Wildman–Crippen LogP) is 2.20. The van der Waals surface area contributed by atoms with E-state index in [-0.39, 0.29) is 11.7 Å². The van der Waals surface area contributed by atoms with Crippen molar-refractivity contribution < 1.29 is 14.3 Å². The Morgan fingerprint density at radius 3 is 2.95 bits per heavy atom. The minimum absolute atomic E-state index is 0.119. The molecule has 0 fully saturated rings. The van der Waals surface area contributed by atoms with Gasteiger partial charge in [0.15, 0.2) is 5.69 Å². The summed E-state index contributed by atoms with van der Waals surface area (Å²) in [5.41, 5.74) is 1.29. The van der Waals surface area contributed by atoms with E-state index in [9.17, 15) is 4.79 Å². The van der Waals surface area contributed by atoms with Crippen LogP contribution in [0.2, 0.25) is 0 Å². The molecule has 0 aliphatic carbocycles. The van der Waals surface area contributed by atoms with E-state index in [1.165, 1.54) is 19.5 Å². The SMILES string of the molecule is COC(=O)c1cnc(NC2CCOc3ccccc32)cn1. The average Bonchev–Trinajstić information content (AvgIpc) is 2.55. The van der Waals surface area contributed by atoms with Gasteiger partial charge in [-0.05, 0) is 6.07 Å². The van der Waals surface area contributed by atoms with E-state index in [0.29, 0.717) is 12.4 Å². The Bertz CT molecular complexity index is 643. The van der Waals surface area contributed by atoms with Crippen LogP contribution in [-0.2, 0) is 4.74 Å². The smallest absolute Gasteiger partial charge is 0.358 e. The van der Waals surface area contributed by atoms with E-state index in [2.05, 4.69) is 20.0 Å². The number of ether oxygens (including phenoxy) is 2. The number of aromatic nitrogens is 2. The number of fused-ring (bicyclic) bond motifs is 1. The second-order valence-electron chi connectivity index (χ2n) is 4.65. The quantitative estimate of drug-likeness (QED) is 0.871. The largest absolute Gasteiger partial charge is 0.493 e. The van der Waals surface area contributed by atoms with Crippen molar-refractivity contribution in [3.05, 3.63) is 47.9 Å². The maximum absolute atomic E-state index is 11.3. The molecule has 1 aliphatic heterocycles. The molecule has 6 heteroatoms. The average molecular weight is 285 g/mol. The Hall–Kier alpha value is -2.63. The van der Waals surface area contributed by atoms with Crippen LogP contribution in [0.1, 0.15) is 28.5 Å². The molecular weight excluding hydrogens is 270 g/mol. The molecule has 0 spiro atoms. The van der Waals surface area contributed by atoms with Crippen LogP contribution in [0.25, 0.3) is 0 Å². The number of benzene rings is 1. The molecule has 1 aromatic heterocycles. The van der Waals surface area contributed by atoms with Crippen molar-refractivity contribution in [1.82, 2.24) is 9.97 Å². The van der Waals surface area contributed by atoms with Crippen molar-refractivity contribution in [2.75, 3.05) is 19.0 Å². The molecule has 1 unspecified atom stereocenters. The number of para-hydroxylation sites is 1. The molecule has 1 aliphatic rings. The fourth-order valence-corrected chi connectivity index (χ4v) is 2.28. The first-order valence-electron chi connectivity index (χ1n) is 6.66. The van der Waals surface area contributed by atoms with Crippen LogP contribution in [-0.4, -0.2) is 29.7 Å². The standard InChI is InChI=1S/C15H15N3O3/c1-20-15(19)12-8-17-14(9-16-12)18-11-6-7-21-13-5-3-2-4-10(11)13/h2-5,8-9,11H,6-7H2,1H3,(H,17,18). The summed E-state index contributed by atoms with van der Waals surface area (Å²) in [7, 11) is 1.31. The molecule has 3 rings (SSSR count). The monoisotopic (exact) mass is 285 g/mol. The number of methoxy groups -OCH3 is 1. The first-order chi connectivity index (χ1) is 10.3. The van der Waals surface area contributed by atoms with E-state index < -0.39 is 5.97 Å². The molecule has 0 saturated carbocycles.